The van der Waals surface area contributed by atoms with Crippen LogP contribution >= 0.6 is 15.9 Å². The number of ketones is 1. The molecule has 0 aliphatic carbocycles. The molecule has 186 valence electrons. The van der Waals surface area contributed by atoms with E-state index in [9.17, 15) is 26.7 Å². The van der Waals surface area contributed by atoms with Crippen LogP contribution in [0.25, 0.3) is 6.08 Å². The number of rotatable bonds is 4. The topological polar surface area (TPSA) is 54.0 Å². The summed E-state index contributed by atoms with van der Waals surface area (Å²) in [6, 6.07) is 6.33. The lowest BCUT2D eigenvalue weighted by Crippen LogP contribution is -2.12. The molecule has 5 rings (SSSR count). The Balaban J connectivity index is 1.44. The van der Waals surface area contributed by atoms with Crippen molar-refractivity contribution in [1.29, 1.82) is 0 Å². The predicted octanol–water partition coefficient (Wildman–Crippen LogP) is 6.51. The van der Waals surface area contributed by atoms with Crippen LogP contribution in [0.5, 0.6) is 17.2 Å². The molecule has 2 aliphatic rings. The Hall–Kier alpha value is -3.44. The lowest BCUT2D eigenvalue weighted by atomic mass is 10.0. The number of fused-ring (bicyclic) bond motifs is 2. The van der Waals surface area contributed by atoms with Gasteiger partial charge in [-0.05, 0) is 37.3 Å². The fourth-order valence-corrected chi connectivity index (χ4v) is 4.43. The summed E-state index contributed by atoms with van der Waals surface area (Å²) >= 11 is 3.41. The minimum Gasteiger partial charge on any atom is -0.488 e. The number of carbonyl (C=O) groups excluding carboxylic acids is 1. The van der Waals surface area contributed by atoms with Crippen molar-refractivity contribution in [3.63, 3.8) is 0 Å². The highest BCUT2D eigenvalue weighted by Crippen LogP contribution is 2.41. The standard InChI is InChI=1S/C25H14BrF5O5/c1-10-16(34-8-15-18(27)20(29)22(31)21(30)19(15)28)3-2-14-23(32)17(36-24(10)14)6-11-4-13(26)5-12-7-33-9-35-25(11)12/h2-6H,7-9H2,1H3/b17-6-. The van der Waals surface area contributed by atoms with Crippen molar-refractivity contribution in [2.75, 3.05) is 6.79 Å². The van der Waals surface area contributed by atoms with E-state index in [1.54, 1.807) is 6.07 Å². The van der Waals surface area contributed by atoms with Crippen LogP contribution in [0.3, 0.4) is 0 Å². The molecule has 0 fully saturated rings. The van der Waals surface area contributed by atoms with E-state index in [4.69, 9.17) is 18.9 Å². The molecule has 0 saturated carbocycles. The first kappa shape index (κ1) is 24.3. The Morgan fingerprint density at radius 2 is 1.69 bits per heavy atom. The van der Waals surface area contributed by atoms with Crippen molar-refractivity contribution in [3.8, 4) is 17.2 Å². The Labute approximate surface area is 209 Å². The van der Waals surface area contributed by atoms with Crippen LogP contribution in [-0.2, 0) is 18.0 Å². The molecule has 36 heavy (non-hydrogen) atoms. The van der Waals surface area contributed by atoms with Crippen LogP contribution in [0.1, 0.15) is 32.6 Å². The molecule has 0 aromatic heterocycles. The second-order valence-electron chi connectivity index (χ2n) is 7.94. The Morgan fingerprint density at radius 3 is 2.42 bits per heavy atom. The fraction of sp³-hybridized carbons (Fsp3) is 0.160. The number of halogens is 6. The van der Waals surface area contributed by atoms with Gasteiger partial charge >= 0.3 is 0 Å². The number of benzene rings is 3. The zero-order valence-corrected chi connectivity index (χ0v) is 19.9. The van der Waals surface area contributed by atoms with Crippen molar-refractivity contribution in [3.05, 3.63) is 91.4 Å². The largest absolute Gasteiger partial charge is 0.488 e. The maximum absolute atomic E-state index is 14.0. The van der Waals surface area contributed by atoms with Gasteiger partial charge in [-0.3, -0.25) is 4.79 Å². The second-order valence-corrected chi connectivity index (χ2v) is 8.85. The molecule has 2 aliphatic heterocycles. The zero-order valence-electron chi connectivity index (χ0n) is 18.3. The van der Waals surface area contributed by atoms with Crippen LogP contribution in [-0.4, -0.2) is 12.6 Å². The fourth-order valence-electron chi connectivity index (χ4n) is 3.91. The van der Waals surface area contributed by atoms with E-state index in [2.05, 4.69) is 15.9 Å². The number of allylic oxidation sites excluding steroid dienone is 1. The molecule has 2 heterocycles. The van der Waals surface area contributed by atoms with Gasteiger partial charge in [0.2, 0.25) is 11.6 Å². The molecule has 0 atom stereocenters. The van der Waals surface area contributed by atoms with E-state index in [0.29, 0.717) is 23.5 Å². The summed E-state index contributed by atoms with van der Waals surface area (Å²) in [6.07, 6.45) is 1.52. The lowest BCUT2D eigenvalue weighted by molar-refractivity contribution is -0.0165. The number of hydrogen-bond donors (Lipinski definition) is 0. The lowest BCUT2D eigenvalue weighted by Gasteiger charge is -2.20. The molecule has 3 aromatic carbocycles. The van der Waals surface area contributed by atoms with Gasteiger partial charge in [-0.2, -0.15) is 0 Å². The summed E-state index contributed by atoms with van der Waals surface area (Å²) in [7, 11) is 0. The summed E-state index contributed by atoms with van der Waals surface area (Å²) < 4.78 is 91.0. The summed E-state index contributed by atoms with van der Waals surface area (Å²) in [5.74, 6) is -10.0. The average Bonchev–Trinajstić information content (AvgIpc) is 3.18. The molecule has 0 spiro atoms. The van der Waals surface area contributed by atoms with Crippen molar-refractivity contribution < 1.29 is 45.7 Å². The van der Waals surface area contributed by atoms with Crippen molar-refractivity contribution >= 4 is 27.8 Å². The third-order valence-corrected chi connectivity index (χ3v) is 6.16. The van der Waals surface area contributed by atoms with Gasteiger partial charge < -0.3 is 18.9 Å². The van der Waals surface area contributed by atoms with Gasteiger partial charge in [0.15, 0.2) is 35.8 Å². The highest BCUT2D eigenvalue weighted by molar-refractivity contribution is 9.10. The van der Waals surface area contributed by atoms with Gasteiger partial charge in [-0.15, -0.1) is 0 Å². The Bertz CT molecular complexity index is 1440. The maximum Gasteiger partial charge on any atom is 0.231 e. The maximum atomic E-state index is 14.0. The number of carbonyl (C=O) groups is 1. The van der Waals surface area contributed by atoms with E-state index in [1.807, 2.05) is 6.07 Å². The van der Waals surface area contributed by atoms with E-state index in [0.717, 1.165) is 10.0 Å². The van der Waals surface area contributed by atoms with Crippen molar-refractivity contribution in [2.24, 2.45) is 0 Å². The zero-order chi connectivity index (χ0) is 25.7. The molecule has 0 bridgehead atoms. The number of Topliss-reactive ketones (excluding diaryl/α,β-unsaturated/α-hetero) is 1. The van der Waals surface area contributed by atoms with Gasteiger partial charge in [0.25, 0.3) is 0 Å². The molecule has 0 unspecified atom stereocenters. The first-order chi connectivity index (χ1) is 17.2. The molecule has 0 saturated heterocycles. The minimum atomic E-state index is -2.25. The van der Waals surface area contributed by atoms with E-state index < -0.39 is 47.0 Å². The molecule has 11 heteroatoms. The summed E-state index contributed by atoms with van der Waals surface area (Å²) in [5, 5.41) is 0. The smallest absolute Gasteiger partial charge is 0.231 e. The van der Waals surface area contributed by atoms with E-state index in [1.165, 1.54) is 25.1 Å². The van der Waals surface area contributed by atoms with Gasteiger partial charge in [0, 0.05) is 21.2 Å². The van der Waals surface area contributed by atoms with Crippen LogP contribution in [0, 0.1) is 36.0 Å². The first-order valence-electron chi connectivity index (χ1n) is 10.4. The quantitative estimate of drug-likeness (QED) is 0.155. The normalized spacial score (nSPS) is 15.4. The molecule has 0 radical (unpaired) electrons. The monoisotopic (exact) mass is 568 g/mol. The molecular weight excluding hydrogens is 555 g/mol. The molecule has 5 nitrogen and oxygen atoms in total. The highest BCUT2D eigenvalue weighted by Gasteiger charge is 2.31. The number of ether oxygens (including phenoxy) is 4. The summed E-state index contributed by atoms with van der Waals surface area (Å²) in [4.78, 5) is 13.0. The van der Waals surface area contributed by atoms with Gasteiger partial charge in [-0.1, -0.05) is 15.9 Å². The van der Waals surface area contributed by atoms with Gasteiger partial charge in [-0.25, -0.2) is 22.0 Å². The van der Waals surface area contributed by atoms with E-state index in [-0.39, 0.29) is 29.6 Å². The van der Waals surface area contributed by atoms with Crippen LogP contribution in [0.2, 0.25) is 0 Å². The first-order valence-corrected chi connectivity index (χ1v) is 11.2. The summed E-state index contributed by atoms with van der Waals surface area (Å²) in [5.41, 5.74) is 0.765. The van der Waals surface area contributed by atoms with Gasteiger partial charge in [0.1, 0.15) is 23.9 Å². The SMILES string of the molecule is Cc1c(OCc2c(F)c(F)c(F)c(F)c2F)ccc2c1O/C(=C\c1cc(Br)cc3c1OCOC3)C2=O. The predicted molar refractivity (Wildman–Crippen MR) is 119 cm³/mol. The van der Waals surface area contributed by atoms with Crippen molar-refractivity contribution in [2.45, 2.75) is 20.1 Å². The van der Waals surface area contributed by atoms with Crippen LogP contribution in [0.4, 0.5) is 22.0 Å². The Morgan fingerprint density at radius 1 is 1.00 bits per heavy atom. The molecule has 0 N–H and O–H groups in total. The van der Waals surface area contributed by atoms with Crippen molar-refractivity contribution in [1.82, 2.24) is 0 Å². The van der Waals surface area contributed by atoms with Gasteiger partial charge in [0.05, 0.1) is 17.7 Å². The molecular formula is C25H14BrF5O5. The average molecular weight is 569 g/mol. The minimum absolute atomic E-state index is 0.000377. The Kier molecular flexibility index (Phi) is 6.21. The third kappa shape index (κ3) is 4.01. The summed E-state index contributed by atoms with van der Waals surface area (Å²) in [6.45, 7) is 0.988. The van der Waals surface area contributed by atoms with Crippen LogP contribution < -0.4 is 14.2 Å². The molecule has 0 amide bonds. The third-order valence-electron chi connectivity index (χ3n) is 5.70. The van der Waals surface area contributed by atoms with Crippen LogP contribution in [0.15, 0.2) is 34.5 Å². The number of hydrogen-bond acceptors (Lipinski definition) is 5. The second kappa shape index (κ2) is 9.21. The van der Waals surface area contributed by atoms with E-state index >= 15 is 0 Å². The molecule has 3 aromatic rings. The highest BCUT2D eigenvalue weighted by atomic mass is 79.9.